The molecule has 16 heavy (non-hydrogen) atoms. The molecule has 5 heteroatoms. The third-order valence-electron chi connectivity index (χ3n) is 2.41. The van der Waals surface area contributed by atoms with Gasteiger partial charge in [0.1, 0.15) is 0 Å². The van der Waals surface area contributed by atoms with E-state index in [4.69, 9.17) is 16.7 Å². The maximum Gasteiger partial charge on any atom is 0.307 e. The van der Waals surface area contributed by atoms with Gasteiger partial charge in [-0.2, -0.15) is 0 Å². The van der Waals surface area contributed by atoms with Crippen molar-refractivity contribution in [3.63, 3.8) is 0 Å². The fourth-order valence-electron chi connectivity index (χ4n) is 1.38. The molecule has 0 fully saturated rings. The number of aliphatic carboxylic acids is 1. The van der Waals surface area contributed by atoms with Crippen LogP contribution in [0.3, 0.4) is 0 Å². The molecule has 1 aromatic rings. The van der Waals surface area contributed by atoms with Gasteiger partial charge in [-0.05, 0) is 31.5 Å². The summed E-state index contributed by atoms with van der Waals surface area (Å²) in [5.41, 5.74) is 0. The minimum absolute atomic E-state index is 0.285. The van der Waals surface area contributed by atoms with Crippen molar-refractivity contribution in [3.05, 3.63) is 21.3 Å². The fraction of sp³-hybridized carbons (Fsp3) is 0.545. The van der Waals surface area contributed by atoms with Crippen LogP contribution in [-0.2, 0) is 11.2 Å². The summed E-state index contributed by atoms with van der Waals surface area (Å²) in [5.74, 6) is -1.01. The van der Waals surface area contributed by atoms with E-state index in [9.17, 15) is 4.79 Å². The van der Waals surface area contributed by atoms with Crippen LogP contribution >= 0.6 is 22.9 Å². The molecule has 0 spiro atoms. The van der Waals surface area contributed by atoms with Gasteiger partial charge in [0.2, 0.25) is 0 Å². The Hall–Kier alpha value is -0.580. The van der Waals surface area contributed by atoms with E-state index in [-0.39, 0.29) is 5.92 Å². The van der Waals surface area contributed by atoms with Gasteiger partial charge in [0.25, 0.3) is 0 Å². The van der Waals surface area contributed by atoms with Gasteiger partial charge in [0.15, 0.2) is 0 Å². The van der Waals surface area contributed by atoms with E-state index < -0.39 is 5.97 Å². The molecule has 0 amide bonds. The highest BCUT2D eigenvalue weighted by Crippen LogP contribution is 2.21. The second kappa shape index (κ2) is 6.89. The van der Waals surface area contributed by atoms with E-state index in [1.54, 1.807) is 11.3 Å². The number of carbonyl (C=O) groups is 1. The predicted octanol–water partition coefficient (Wildman–Crippen LogP) is 2.64. The number of carboxylic acid groups (broad SMARTS) is 1. The average Bonchev–Trinajstić information content (AvgIpc) is 2.64. The fourth-order valence-corrected chi connectivity index (χ4v) is 2.47. The third kappa shape index (κ3) is 4.51. The molecule has 3 nitrogen and oxygen atoms in total. The van der Waals surface area contributed by atoms with Crippen molar-refractivity contribution < 1.29 is 9.90 Å². The maximum absolute atomic E-state index is 10.7. The van der Waals surface area contributed by atoms with Crippen LogP contribution in [-0.4, -0.2) is 24.2 Å². The summed E-state index contributed by atoms with van der Waals surface area (Å²) in [4.78, 5) is 12.0. The van der Waals surface area contributed by atoms with Gasteiger partial charge in [-0.25, -0.2) is 0 Å². The maximum atomic E-state index is 10.7. The van der Waals surface area contributed by atoms with E-state index in [1.807, 2.05) is 19.1 Å². The number of thiophene rings is 1. The summed E-state index contributed by atoms with van der Waals surface area (Å²) >= 11 is 7.38. The number of carboxylic acids is 1. The van der Waals surface area contributed by atoms with Crippen LogP contribution < -0.4 is 5.32 Å². The molecule has 2 N–H and O–H groups in total. The van der Waals surface area contributed by atoms with E-state index in [0.717, 1.165) is 17.3 Å². The zero-order valence-corrected chi connectivity index (χ0v) is 10.8. The SMILES string of the molecule is CCC(CNCCc1ccc(Cl)s1)C(=O)O. The van der Waals surface area contributed by atoms with Crippen LogP contribution in [0.4, 0.5) is 0 Å². The Balaban J connectivity index is 2.18. The summed E-state index contributed by atoms with van der Waals surface area (Å²) in [5, 5.41) is 12.0. The standard InChI is InChI=1S/C11H16ClNO2S/c1-2-8(11(14)15)7-13-6-5-9-3-4-10(12)16-9/h3-4,8,13H,2,5-7H2,1H3,(H,14,15). The average molecular weight is 262 g/mol. The Labute approximate surface area is 104 Å². The lowest BCUT2D eigenvalue weighted by atomic mass is 10.1. The first-order valence-corrected chi connectivity index (χ1v) is 6.50. The van der Waals surface area contributed by atoms with Crippen LogP contribution in [0.5, 0.6) is 0 Å². The normalized spacial score (nSPS) is 12.6. The first kappa shape index (κ1) is 13.5. The first-order valence-electron chi connectivity index (χ1n) is 5.31. The molecule has 1 unspecified atom stereocenters. The van der Waals surface area contributed by atoms with Gasteiger partial charge in [0, 0.05) is 11.4 Å². The molecule has 0 aliphatic heterocycles. The molecule has 0 radical (unpaired) electrons. The van der Waals surface area contributed by atoms with Crippen LogP contribution in [0, 0.1) is 5.92 Å². The topological polar surface area (TPSA) is 49.3 Å². The van der Waals surface area contributed by atoms with Crippen LogP contribution in [0.2, 0.25) is 4.34 Å². The molecule has 0 saturated heterocycles. The highest BCUT2D eigenvalue weighted by Gasteiger charge is 2.13. The Morgan fingerprint density at radius 2 is 2.38 bits per heavy atom. The molecule has 1 atom stereocenters. The summed E-state index contributed by atoms with van der Waals surface area (Å²) in [6.07, 6.45) is 1.56. The van der Waals surface area contributed by atoms with E-state index in [2.05, 4.69) is 5.32 Å². The summed E-state index contributed by atoms with van der Waals surface area (Å²) in [7, 11) is 0. The van der Waals surface area contributed by atoms with Gasteiger partial charge in [-0.1, -0.05) is 18.5 Å². The zero-order valence-electron chi connectivity index (χ0n) is 9.20. The van der Waals surface area contributed by atoms with E-state index in [1.165, 1.54) is 4.88 Å². The minimum Gasteiger partial charge on any atom is -0.481 e. The lowest BCUT2D eigenvalue weighted by Gasteiger charge is -2.10. The van der Waals surface area contributed by atoms with E-state index in [0.29, 0.717) is 13.0 Å². The number of nitrogens with one attached hydrogen (secondary N) is 1. The van der Waals surface area contributed by atoms with Gasteiger partial charge < -0.3 is 10.4 Å². The molecule has 0 saturated carbocycles. The van der Waals surface area contributed by atoms with E-state index >= 15 is 0 Å². The van der Waals surface area contributed by atoms with Gasteiger partial charge in [-0.15, -0.1) is 11.3 Å². The summed E-state index contributed by atoms with van der Waals surface area (Å²) in [6, 6.07) is 3.89. The van der Waals surface area contributed by atoms with Crippen molar-refractivity contribution >= 4 is 28.9 Å². The zero-order chi connectivity index (χ0) is 12.0. The Kier molecular flexibility index (Phi) is 5.80. The molecule has 1 heterocycles. The number of halogens is 1. The molecule has 90 valence electrons. The number of hydrogen-bond donors (Lipinski definition) is 2. The van der Waals surface area contributed by atoms with Crippen molar-refractivity contribution in [2.24, 2.45) is 5.92 Å². The molecular weight excluding hydrogens is 246 g/mol. The van der Waals surface area contributed by atoms with Gasteiger partial charge in [-0.3, -0.25) is 4.79 Å². The first-order chi connectivity index (χ1) is 7.63. The molecule has 1 aromatic heterocycles. The molecule has 0 bridgehead atoms. The van der Waals surface area contributed by atoms with Crippen molar-refractivity contribution in [3.8, 4) is 0 Å². The minimum atomic E-state index is -0.728. The largest absolute Gasteiger partial charge is 0.481 e. The van der Waals surface area contributed by atoms with Crippen LogP contribution in [0.15, 0.2) is 12.1 Å². The summed E-state index contributed by atoms with van der Waals surface area (Å²) < 4.78 is 0.798. The number of hydrogen-bond acceptors (Lipinski definition) is 3. The van der Waals surface area contributed by atoms with Crippen molar-refractivity contribution in [1.29, 1.82) is 0 Å². The van der Waals surface area contributed by atoms with Gasteiger partial charge >= 0.3 is 5.97 Å². The van der Waals surface area contributed by atoms with Crippen molar-refractivity contribution in [1.82, 2.24) is 5.32 Å². The molecular formula is C11H16ClNO2S. The highest BCUT2D eigenvalue weighted by atomic mass is 35.5. The molecule has 0 aromatic carbocycles. The smallest absolute Gasteiger partial charge is 0.307 e. The molecule has 0 aliphatic carbocycles. The lowest BCUT2D eigenvalue weighted by molar-refractivity contribution is -0.141. The highest BCUT2D eigenvalue weighted by molar-refractivity contribution is 7.16. The Morgan fingerprint density at radius 3 is 2.88 bits per heavy atom. The monoisotopic (exact) mass is 261 g/mol. The van der Waals surface area contributed by atoms with Gasteiger partial charge in [0.05, 0.1) is 10.3 Å². The Bertz CT molecular complexity index is 340. The quantitative estimate of drug-likeness (QED) is 0.742. The third-order valence-corrected chi connectivity index (χ3v) is 3.70. The molecule has 1 rings (SSSR count). The predicted molar refractivity (Wildman–Crippen MR) is 67.3 cm³/mol. The second-order valence-electron chi connectivity index (χ2n) is 3.60. The molecule has 0 aliphatic rings. The van der Waals surface area contributed by atoms with Crippen LogP contribution in [0.1, 0.15) is 18.2 Å². The lowest BCUT2D eigenvalue weighted by Crippen LogP contribution is -2.29. The van der Waals surface area contributed by atoms with Crippen molar-refractivity contribution in [2.75, 3.05) is 13.1 Å². The van der Waals surface area contributed by atoms with Crippen LogP contribution in [0.25, 0.3) is 0 Å². The van der Waals surface area contributed by atoms with Crippen molar-refractivity contribution in [2.45, 2.75) is 19.8 Å². The Morgan fingerprint density at radius 1 is 1.62 bits per heavy atom. The number of rotatable bonds is 7. The second-order valence-corrected chi connectivity index (χ2v) is 5.40. The summed E-state index contributed by atoms with van der Waals surface area (Å²) in [6.45, 7) is 3.21.